The van der Waals surface area contributed by atoms with Gasteiger partial charge in [-0.3, -0.25) is 4.98 Å². The van der Waals surface area contributed by atoms with Crippen molar-refractivity contribution >= 4 is 0 Å². The minimum absolute atomic E-state index is 0.251. The van der Waals surface area contributed by atoms with Crippen molar-refractivity contribution in [1.82, 2.24) is 10.3 Å². The quantitative estimate of drug-likeness (QED) is 0.857. The lowest BCUT2D eigenvalue weighted by atomic mass is 10.1. The lowest BCUT2D eigenvalue weighted by molar-refractivity contribution is 0.113. The SMILES string of the molecule is COc1ccnc(CNC2CCOC2C)c1OC. The van der Waals surface area contributed by atoms with Gasteiger partial charge in [-0.1, -0.05) is 0 Å². The largest absolute Gasteiger partial charge is 0.493 e. The molecule has 18 heavy (non-hydrogen) atoms. The summed E-state index contributed by atoms with van der Waals surface area (Å²) < 4.78 is 16.1. The first-order valence-corrected chi connectivity index (χ1v) is 6.17. The third-order valence-electron chi connectivity index (χ3n) is 3.27. The molecule has 1 fully saturated rings. The number of nitrogens with one attached hydrogen (secondary N) is 1. The molecule has 0 amide bonds. The van der Waals surface area contributed by atoms with E-state index in [1.54, 1.807) is 26.5 Å². The summed E-state index contributed by atoms with van der Waals surface area (Å²) in [4.78, 5) is 4.34. The molecular formula is C13H20N2O3. The fourth-order valence-corrected chi connectivity index (χ4v) is 2.20. The van der Waals surface area contributed by atoms with Gasteiger partial charge >= 0.3 is 0 Å². The van der Waals surface area contributed by atoms with E-state index >= 15 is 0 Å². The van der Waals surface area contributed by atoms with Gasteiger partial charge in [0.2, 0.25) is 0 Å². The number of nitrogens with zero attached hydrogens (tertiary/aromatic N) is 1. The van der Waals surface area contributed by atoms with Crippen molar-refractivity contribution in [2.45, 2.75) is 32.0 Å². The Bertz CT molecular complexity index is 398. The van der Waals surface area contributed by atoms with Crippen LogP contribution >= 0.6 is 0 Å². The molecule has 100 valence electrons. The fraction of sp³-hybridized carbons (Fsp3) is 0.615. The van der Waals surface area contributed by atoms with E-state index < -0.39 is 0 Å². The molecule has 0 saturated carbocycles. The van der Waals surface area contributed by atoms with E-state index in [-0.39, 0.29) is 6.10 Å². The van der Waals surface area contributed by atoms with Gasteiger partial charge in [0.25, 0.3) is 0 Å². The third kappa shape index (κ3) is 2.73. The maximum atomic E-state index is 5.52. The molecule has 1 aromatic heterocycles. The van der Waals surface area contributed by atoms with Crippen LogP contribution in [0.4, 0.5) is 0 Å². The van der Waals surface area contributed by atoms with E-state index in [0.717, 1.165) is 18.7 Å². The molecule has 0 aromatic carbocycles. The van der Waals surface area contributed by atoms with Crippen LogP contribution in [0.3, 0.4) is 0 Å². The molecule has 5 heteroatoms. The van der Waals surface area contributed by atoms with Crippen LogP contribution < -0.4 is 14.8 Å². The molecule has 0 spiro atoms. The van der Waals surface area contributed by atoms with Crippen LogP contribution in [-0.2, 0) is 11.3 Å². The summed E-state index contributed by atoms with van der Waals surface area (Å²) in [6.07, 6.45) is 3.02. The average Bonchev–Trinajstić information content (AvgIpc) is 2.81. The Morgan fingerprint density at radius 3 is 2.89 bits per heavy atom. The predicted molar refractivity (Wildman–Crippen MR) is 68.0 cm³/mol. The normalized spacial score (nSPS) is 23.1. The number of pyridine rings is 1. The Labute approximate surface area is 107 Å². The molecule has 5 nitrogen and oxygen atoms in total. The Balaban J connectivity index is 2.04. The standard InChI is InChI=1S/C13H20N2O3/c1-9-10(5-7-18-9)15-8-11-13(17-3)12(16-2)4-6-14-11/h4,6,9-10,15H,5,7-8H2,1-3H3. The fourth-order valence-electron chi connectivity index (χ4n) is 2.20. The van der Waals surface area contributed by atoms with Crippen LogP contribution in [0.2, 0.25) is 0 Å². The van der Waals surface area contributed by atoms with Gasteiger partial charge in [0.1, 0.15) is 0 Å². The molecule has 1 aliphatic rings. The zero-order valence-corrected chi connectivity index (χ0v) is 11.1. The molecule has 2 heterocycles. The maximum Gasteiger partial charge on any atom is 0.183 e. The highest BCUT2D eigenvalue weighted by molar-refractivity contribution is 5.42. The Hall–Kier alpha value is -1.33. The second-order valence-electron chi connectivity index (χ2n) is 4.35. The van der Waals surface area contributed by atoms with Crippen molar-refractivity contribution in [3.8, 4) is 11.5 Å². The second kappa shape index (κ2) is 6.02. The van der Waals surface area contributed by atoms with Gasteiger partial charge < -0.3 is 19.5 Å². The zero-order chi connectivity index (χ0) is 13.0. The molecule has 2 unspecified atom stereocenters. The summed E-state index contributed by atoms with van der Waals surface area (Å²) >= 11 is 0. The molecule has 2 rings (SSSR count). The van der Waals surface area contributed by atoms with Crippen LogP contribution in [-0.4, -0.2) is 38.0 Å². The van der Waals surface area contributed by atoms with Crippen LogP contribution in [0.1, 0.15) is 19.0 Å². The summed E-state index contributed by atoms with van der Waals surface area (Å²) in [5.74, 6) is 1.40. The van der Waals surface area contributed by atoms with Crippen LogP contribution in [0.5, 0.6) is 11.5 Å². The van der Waals surface area contributed by atoms with Crippen molar-refractivity contribution in [2.24, 2.45) is 0 Å². The van der Waals surface area contributed by atoms with Gasteiger partial charge in [-0.25, -0.2) is 0 Å². The van der Waals surface area contributed by atoms with E-state index in [0.29, 0.717) is 24.1 Å². The summed E-state index contributed by atoms with van der Waals surface area (Å²) in [5.41, 5.74) is 0.857. The molecule has 1 saturated heterocycles. The number of hydrogen-bond donors (Lipinski definition) is 1. The molecule has 2 atom stereocenters. The van der Waals surface area contributed by atoms with Crippen molar-refractivity contribution in [3.05, 3.63) is 18.0 Å². The number of aromatic nitrogens is 1. The van der Waals surface area contributed by atoms with Crippen molar-refractivity contribution in [1.29, 1.82) is 0 Å². The van der Waals surface area contributed by atoms with Crippen LogP contribution in [0.25, 0.3) is 0 Å². The smallest absolute Gasteiger partial charge is 0.183 e. The molecule has 1 aliphatic heterocycles. The first-order valence-electron chi connectivity index (χ1n) is 6.17. The lowest BCUT2D eigenvalue weighted by Gasteiger charge is -2.17. The van der Waals surface area contributed by atoms with Gasteiger partial charge in [-0.15, -0.1) is 0 Å². The van der Waals surface area contributed by atoms with Crippen LogP contribution in [0, 0.1) is 0 Å². The monoisotopic (exact) mass is 252 g/mol. The van der Waals surface area contributed by atoms with Gasteiger partial charge in [0.15, 0.2) is 11.5 Å². The molecule has 1 N–H and O–H groups in total. The minimum Gasteiger partial charge on any atom is -0.493 e. The van der Waals surface area contributed by atoms with Crippen LogP contribution in [0.15, 0.2) is 12.3 Å². The molecule has 0 bridgehead atoms. The summed E-state index contributed by atoms with van der Waals surface area (Å²) in [6.45, 7) is 3.56. The Morgan fingerprint density at radius 1 is 1.44 bits per heavy atom. The van der Waals surface area contributed by atoms with E-state index in [1.807, 2.05) is 0 Å². The molecule has 0 aliphatic carbocycles. The highest BCUT2D eigenvalue weighted by Crippen LogP contribution is 2.29. The van der Waals surface area contributed by atoms with E-state index in [2.05, 4.69) is 17.2 Å². The maximum absolute atomic E-state index is 5.52. The highest BCUT2D eigenvalue weighted by Gasteiger charge is 2.24. The van der Waals surface area contributed by atoms with Gasteiger partial charge in [0, 0.05) is 31.5 Å². The van der Waals surface area contributed by atoms with Crippen molar-refractivity contribution in [2.75, 3.05) is 20.8 Å². The Kier molecular flexibility index (Phi) is 4.38. The Morgan fingerprint density at radius 2 is 2.28 bits per heavy atom. The van der Waals surface area contributed by atoms with Crippen molar-refractivity contribution in [3.63, 3.8) is 0 Å². The van der Waals surface area contributed by atoms with Gasteiger partial charge in [-0.05, 0) is 13.3 Å². The van der Waals surface area contributed by atoms with Gasteiger partial charge in [-0.2, -0.15) is 0 Å². The van der Waals surface area contributed by atoms with Crippen molar-refractivity contribution < 1.29 is 14.2 Å². The number of methoxy groups -OCH3 is 2. The summed E-state index contributed by atoms with van der Waals surface area (Å²) in [5, 5.41) is 3.45. The first-order chi connectivity index (χ1) is 8.76. The number of rotatable bonds is 5. The number of ether oxygens (including phenoxy) is 3. The third-order valence-corrected chi connectivity index (χ3v) is 3.27. The minimum atomic E-state index is 0.251. The number of hydrogen-bond acceptors (Lipinski definition) is 5. The zero-order valence-electron chi connectivity index (χ0n) is 11.1. The first kappa shape index (κ1) is 13.1. The van der Waals surface area contributed by atoms with E-state index in [4.69, 9.17) is 14.2 Å². The predicted octanol–water partition coefficient (Wildman–Crippen LogP) is 1.37. The summed E-state index contributed by atoms with van der Waals surface area (Å²) in [7, 11) is 3.26. The van der Waals surface area contributed by atoms with E-state index in [9.17, 15) is 0 Å². The molecular weight excluding hydrogens is 232 g/mol. The second-order valence-corrected chi connectivity index (χ2v) is 4.35. The molecule has 0 radical (unpaired) electrons. The summed E-state index contributed by atoms with van der Waals surface area (Å²) in [6, 6.07) is 2.17. The molecule has 1 aromatic rings. The van der Waals surface area contributed by atoms with Gasteiger partial charge in [0.05, 0.1) is 26.0 Å². The topological polar surface area (TPSA) is 52.6 Å². The highest BCUT2D eigenvalue weighted by atomic mass is 16.5. The lowest BCUT2D eigenvalue weighted by Crippen LogP contribution is -2.34. The average molecular weight is 252 g/mol. The van der Waals surface area contributed by atoms with E-state index in [1.165, 1.54) is 0 Å².